The van der Waals surface area contributed by atoms with E-state index in [-0.39, 0.29) is 0 Å². The molecule has 100 valence electrons. The lowest BCUT2D eigenvalue weighted by Gasteiger charge is -2.10. The molecule has 0 fully saturated rings. The molecule has 0 amide bonds. The lowest BCUT2D eigenvalue weighted by atomic mass is 10.2. The highest BCUT2D eigenvalue weighted by Gasteiger charge is 2.02. The quantitative estimate of drug-likeness (QED) is 0.898. The van der Waals surface area contributed by atoms with Gasteiger partial charge < -0.3 is 10.1 Å². The smallest absolute Gasteiger partial charge is 0.130 e. The zero-order valence-electron chi connectivity index (χ0n) is 11.1. The van der Waals surface area contributed by atoms with Gasteiger partial charge in [-0.25, -0.2) is 4.98 Å². The molecule has 0 bridgehead atoms. The van der Waals surface area contributed by atoms with Crippen LogP contribution in [0, 0.1) is 6.92 Å². The fraction of sp³-hybridized carbons (Fsp3) is 0.267. The number of nitrogens with one attached hydrogen (secondary N) is 1. The van der Waals surface area contributed by atoms with Gasteiger partial charge in [0.15, 0.2) is 0 Å². The standard InChI is InChI=1S/C15H17BrN2O/c1-3-17-15-6-4-5-13(18-15)10-19-14-9-12(16)8-7-11(14)2/h4-9H,3,10H2,1-2H3,(H,17,18). The van der Waals surface area contributed by atoms with Gasteiger partial charge >= 0.3 is 0 Å². The Kier molecular flexibility index (Phi) is 4.80. The van der Waals surface area contributed by atoms with Gasteiger partial charge in [-0.1, -0.05) is 28.1 Å². The first-order valence-electron chi connectivity index (χ1n) is 6.28. The number of nitrogens with zero attached hydrogens (tertiary/aromatic N) is 1. The minimum atomic E-state index is 0.469. The molecule has 2 rings (SSSR count). The van der Waals surface area contributed by atoms with Crippen molar-refractivity contribution >= 4 is 21.7 Å². The van der Waals surface area contributed by atoms with Gasteiger partial charge in [0, 0.05) is 11.0 Å². The van der Waals surface area contributed by atoms with Crippen molar-refractivity contribution in [2.24, 2.45) is 0 Å². The summed E-state index contributed by atoms with van der Waals surface area (Å²) in [6.45, 7) is 5.42. The lowest BCUT2D eigenvalue weighted by Crippen LogP contribution is -2.03. The molecular formula is C15H17BrN2O. The third-order valence-corrected chi connectivity index (χ3v) is 3.18. The minimum Gasteiger partial charge on any atom is -0.487 e. The van der Waals surface area contributed by atoms with E-state index in [1.54, 1.807) is 0 Å². The number of rotatable bonds is 5. The largest absolute Gasteiger partial charge is 0.487 e. The highest BCUT2D eigenvalue weighted by Crippen LogP contribution is 2.23. The van der Waals surface area contributed by atoms with Gasteiger partial charge in [-0.05, 0) is 43.7 Å². The van der Waals surface area contributed by atoms with Crippen LogP contribution in [0.15, 0.2) is 40.9 Å². The predicted octanol–water partition coefficient (Wildman–Crippen LogP) is 4.16. The van der Waals surface area contributed by atoms with Crippen molar-refractivity contribution < 1.29 is 4.74 Å². The zero-order valence-corrected chi connectivity index (χ0v) is 12.7. The SMILES string of the molecule is CCNc1cccc(COc2cc(Br)ccc2C)n1. The van der Waals surface area contributed by atoms with Gasteiger partial charge in [0.05, 0.1) is 5.69 Å². The van der Waals surface area contributed by atoms with Gasteiger partial charge in [0.25, 0.3) is 0 Å². The lowest BCUT2D eigenvalue weighted by molar-refractivity contribution is 0.299. The average Bonchev–Trinajstić information content (AvgIpc) is 2.41. The number of aryl methyl sites for hydroxylation is 1. The molecule has 0 aliphatic heterocycles. The van der Waals surface area contributed by atoms with Crippen LogP contribution in [0.5, 0.6) is 5.75 Å². The molecule has 0 saturated carbocycles. The Bertz CT molecular complexity index is 558. The van der Waals surface area contributed by atoms with E-state index >= 15 is 0 Å². The summed E-state index contributed by atoms with van der Waals surface area (Å²) in [7, 11) is 0. The van der Waals surface area contributed by atoms with Crippen LogP contribution < -0.4 is 10.1 Å². The molecule has 2 aromatic rings. The van der Waals surface area contributed by atoms with Gasteiger partial charge in [-0.3, -0.25) is 0 Å². The summed E-state index contributed by atoms with van der Waals surface area (Å²) in [5, 5.41) is 3.19. The molecule has 0 saturated heterocycles. The molecule has 0 unspecified atom stereocenters. The summed E-state index contributed by atoms with van der Waals surface area (Å²) in [6.07, 6.45) is 0. The molecule has 1 aromatic carbocycles. The van der Waals surface area contributed by atoms with E-state index in [4.69, 9.17) is 4.74 Å². The fourth-order valence-corrected chi connectivity index (χ4v) is 2.06. The monoisotopic (exact) mass is 320 g/mol. The molecule has 1 heterocycles. The van der Waals surface area contributed by atoms with Crippen LogP contribution in [0.25, 0.3) is 0 Å². The maximum absolute atomic E-state index is 5.82. The normalized spacial score (nSPS) is 10.3. The summed E-state index contributed by atoms with van der Waals surface area (Å²) in [5.74, 6) is 1.76. The van der Waals surface area contributed by atoms with Gasteiger partial charge in [0.1, 0.15) is 18.2 Å². The van der Waals surface area contributed by atoms with Gasteiger partial charge in [-0.15, -0.1) is 0 Å². The maximum atomic E-state index is 5.82. The van der Waals surface area contributed by atoms with Crippen LogP contribution in [0.4, 0.5) is 5.82 Å². The third-order valence-electron chi connectivity index (χ3n) is 2.69. The Hall–Kier alpha value is -1.55. The first kappa shape index (κ1) is 13.9. The Morgan fingerprint density at radius 1 is 1.26 bits per heavy atom. The van der Waals surface area contributed by atoms with Crippen molar-refractivity contribution in [2.75, 3.05) is 11.9 Å². The molecule has 0 aliphatic rings. The Morgan fingerprint density at radius 2 is 2.11 bits per heavy atom. The van der Waals surface area contributed by atoms with E-state index in [1.807, 2.05) is 43.3 Å². The van der Waals surface area contributed by atoms with E-state index in [9.17, 15) is 0 Å². The Labute approximate surface area is 122 Å². The first-order chi connectivity index (χ1) is 9.19. The molecule has 19 heavy (non-hydrogen) atoms. The first-order valence-corrected chi connectivity index (χ1v) is 7.07. The van der Waals surface area contributed by atoms with Crippen molar-refractivity contribution in [2.45, 2.75) is 20.5 Å². The highest BCUT2D eigenvalue weighted by atomic mass is 79.9. The maximum Gasteiger partial charge on any atom is 0.130 e. The molecule has 0 atom stereocenters. The predicted molar refractivity (Wildman–Crippen MR) is 81.6 cm³/mol. The number of benzene rings is 1. The van der Waals surface area contributed by atoms with E-state index in [2.05, 4.69) is 33.2 Å². The van der Waals surface area contributed by atoms with Crippen LogP contribution in [-0.4, -0.2) is 11.5 Å². The number of anilines is 1. The van der Waals surface area contributed by atoms with Gasteiger partial charge in [0.2, 0.25) is 0 Å². The van der Waals surface area contributed by atoms with Crippen LogP contribution in [-0.2, 0) is 6.61 Å². The van der Waals surface area contributed by atoms with Crippen molar-refractivity contribution in [3.8, 4) is 5.75 Å². The van der Waals surface area contributed by atoms with Crippen LogP contribution >= 0.6 is 15.9 Å². The number of aromatic nitrogens is 1. The molecular weight excluding hydrogens is 304 g/mol. The second-order valence-electron chi connectivity index (χ2n) is 4.24. The Balaban J connectivity index is 2.05. The summed E-state index contributed by atoms with van der Waals surface area (Å²) < 4.78 is 6.83. The summed E-state index contributed by atoms with van der Waals surface area (Å²) in [6, 6.07) is 11.9. The summed E-state index contributed by atoms with van der Waals surface area (Å²) in [5.41, 5.74) is 2.03. The van der Waals surface area contributed by atoms with Crippen LogP contribution in [0.1, 0.15) is 18.2 Å². The van der Waals surface area contributed by atoms with Crippen molar-refractivity contribution in [3.63, 3.8) is 0 Å². The van der Waals surface area contributed by atoms with E-state index in [1.165, 1.54) is 0 Å². The number of hydrogen-bond acceptors (Lipinski definition) is 3. The Morgan fingerprint density at radius 3 is 2.89 bits per heavy atom. The number of halogens is 1. The van der Waals surface area contributed by atoms with Crippen molar-refractivity contribution in [1.29, 1.82) is 0 Å². The fourth-order valence-electron chi connectivity index (χ4n) is 1.72. The summed E-state index contributed by atoms with van der Waals surface area (Å²) in [4.78, 5) is 4.48. The van der Waals surface area contributed by atoms with E-state index in [0.717, 1.165) is 33.8 Å². The highest BCUT2D eigenvalue weighted by molar-refractivity contribution is 9.10. The molecule has 1 aromatic heterocycles. The summed E-state index contributed by atoms with van der Waals surface area (Å²) >= 11 is 3.45. The molecule has 0 aliphatic carbocycles. The molecule has 0 spiro atoms. The zero-order chi connectivity index (χ0) is 13.7. The second-order valence-corrected chi connectivity index (χ2v) is 5.16. The topological polar surface area (TPSA) is 34.1 Å². The number of ether oxygens (including phenoxy) is 1. The van der Waals surface area contributed by atoms with Crippen LogP contribution in [0.3, 0.4) is 0 Å². The average molecular weight is 321 g/mol. The van der Waals surface area contributed by atoms with Crippen molar-refractivity contribution in [1.82, 2.24) is 4.98 Å². The van der Waals surface area contributed by atoms with Crippen LogP contribution in [0.2, 0.25) is 0 Å². The molecule has 3 nitrogen and oxygen atoms in total. The van der Waals surface area contributed by atoms with E-state index in [0.29, 0.717) is 6.61 Å². The number of hydrogen-bond donors (Lipinski definition) is 1. The van der Waals surface area contributed by atoms with Gasteiger partial charge in [-0.2, -0.15) is 0 Å². The third kappa shape index (κ3) is 3.96. The van der Waals surface area contributed by atoms with E-state index < -0.39 is 0 Å². The minimum absolute atomic E-state index is 0.469. The van der Waals surface area contributed by atoms with Crippen molar-refractivity contribution in [3.05, 3.63) is 52.1 Å². The molecule has 0 radical (unpaired) electrons. The number of pyridine rings is 1. The second kappa shape index (κ2) is 6.57. The molecule has 1 N–H and O–H groups in total. The molecule has 4 heteroatoms.